The molecule has 1 aromatic rings. The van der Waals surface area contributed by atoms with Gasteiger partial charge < -0.3 is 14.8 Å². The van der Waals surface area contributed by atoms with E-state index in [4.69, 9.17) is 9.47 Å². The molecule has 2 aliphatic rings. The van der Waals surface area contributed by atoms with Crippen molar-refractivity contribution in [3.8, 4) is 0 Å². The summed E-state index contributed by atoms with van der Waals surface area (Å²) in [7, 11) is 2.27. The first-order chi connectivity index (χ1) is 12.0. The van der Waals surface area contributed by atoms with Crippen LogP contribution >= 0.6 is 0 Å². The quantitative estimate of drug-likeness (QED) is 0.655. The zero-order chi connectivity index (χ0) is 18.2. The number of ketones is 2. The average Bonchev–Trinajstić information content (AvgIpc) is 2.95. The summed E-state index contributed by atoms with van der Waals surface area (Å²) in [5.74, 6) is -2.98. The van der Waals surface area contributed by atoms with Gasteiger partial charge in [-0.25, -0.2) is 4.79 Å². The molecule has 132 valence electrons. The molecule has 0 bridgehead atoms. The minimum Gasteiger partial charge on any atom is -0.468 e. The van der Waals surface area contributed by atoms with Crippen LogP contribution in [0.15, 0.2) is 24.3 Å². The van der Waals surface area contributed by atoms with Gasteiger partial charge in [-0.1, -0.05) is 18.6 Å². The van der Waals surface area contributed by atoms with E-state index in [1.54, 1.807) is 24.3 Å². The van der Waals surface area contributed by atoms with E-state index in [2.05, 4.69) is 5.32 Å². The van der Waals surface area contributed by atoms with Gasteiger partial charge in [-0.3, -0.25) is 14.4 Å². The molecule has 3 rings (SSSR count). The van der Waals surface area contributed by atoms with Gasteiger partial charge in [-0.2, -0.15) is 0 Å². The number of ether oxygens (including phenoxy) is 2. The first-order valence-corrected chi connectivity index (χ1v) is 8.08. The highest BCUT2D eigenvalue weighted by Gasteiger charge is 2.73. The van der Waals surface area contributed by atoms with Crippen molar-refractivity contribution in [3.63, 3.8) is 0 Å². The van der Waals surface area contributed by atoms with E-state index in [1.165, 1.54) is 0 Å². The predicted octanol–water partition coefficient (Wildman–Crippen LogP) is 1.51. The molecule has 7 heteroatoms. The number of anilines is 1. The van der Waals surface area contributed by atoms with Crippen LogP contribution < -0.4 is 5.32 Å². The van der Waals surface area contributed by atoms with E-state index in [0.29, 0.717) is 18.5 Å². The lowest BCUT2D eigenvalue weighted by Crippen LogP contribution is -2.69. The Morgan fingerprint density at radius 1 is 1.04 bits per heavy atom. The maximum absolute atomic E-state index is 13.3. The Bertz CT molecular complexity index is 763. The van der Waals surface area contributed by atoms with Gasteiger partial charge in [0.15, 0.2) is 11.2 Å². The van der Waals surface area contributed by atoms with E-state index < -0.39 is 34.5 Å². The summed E-state index contributed by atoms with van der Waals surface area (Å²) in [6.07, 6.45) is 1.25. The smallest absolute Gasteiger partial charge is 0.341 e. The Morgan fingerprint density at radius 3 is 2.32 bits per heavy atom. The van der Waals surface area contributed by atoms with Gasteiger partial charge in [0, 0.05) is 17.7 Å². The number of carbonyl (C=O) groups is 4. The number of hydrogen-bond donors (Lipinski definition) is 1. The monoisotopic (exact) mass is 345 g/mol. The maximum Gasteiger partial charge on any atom is 0.341 e. The molecule has 7 nitrogen and oxygen atoms in total. The van der Waals surface area contributed by atoms with Gasteiger partial charge in [-0.15, -0.1) is 0 Å². The normalized spacial score (nSPS) is 28.1. The van der Waals surface area contributed by atoms with Gasteiger partial charge in [-0.05, 0) is 25.0 Å². The lowest BCUT2D eigenvalue weighted by molar-refractivity contribution is -0.171. The van der Waals surface area contributed by atoms with Crippen LogP contribution in [0.5, 0.6) is 0 Å². The molecule has 25 heavy (non-hydrogen) atoms. The van der Waals surface area contributed by atoms with Crippen molar-refractivity contribution >= 4 is 29.2 Å². The first-order valence-electron chi connectivity index (χ1n) is 8.08. The van der Waals surface area contributed by atoms with Crippen molar-refractivity contribution in [2.75, 3.05) is 19.5 Å². The largest absolute Gasteiger partial charge is 0.468 e. The third-order valence-corrected chi connectivity index (χ3v) is 5.18. The van der Waals surface area contributed by atoms with Crippen LogP contribution in [0.25, 0.3) is 0 Å². The van der Waals surface area contributed by atoms with Crippen LogP contribution in [-0.4, -0.2) is 43.3 Å². The highest BCUT2D eigenvalue weighted by atomic mass is 16.5. The molecule has 0 amide bonds. The Kier molecular flexibility index (Phi) is 4.10. The molecular formula is C18H19NO6. The predicted molar refractivity (Wildman–Crippen MR) is 87.1 cm³/mol. The molecule has 1 heterocycles. The number of carbonyl (C=O) groups excluding carboxylic acids is 4. The molecule has 1 saturated carbocycles. The first kappa shape index (κ1) is 17.1. The number of esters is 2. The summed E-state index contributed by atoms with van der Waals surface area (Å²) in [5.41, 5.74) is -3.45. The summed E-state index contributed by atoms with van der Waals surface area (Å²) < 4.78 is 9.76. The summed E-state index contributed by atoms with van der Waals surface area (Å²) in [4.78, 5) is 51.8. The van der Waals surface area contributed by atoms with Gasteiger partial charge >= 0.3 is 11.9 Å². The fourth-order valence-corrected chi connectivity index (χ4v) is 3.99. The van der Waals surface area contributed by atoms with Gasteiger partial charge in [0.25, 0.3) is 0 Å². The minimum absolute atomic E-state index is 0.0420. The molecule has 0 spiro atoms. The number of hydrogen-bond acceptors (Lipinski definition) is 7. The van der Waals surface area contributed by atoms with Crippen molar-refractivity contribution in [3.05, 3.63) is 29.8 Å². The van der Waals surface area contributed by atoms with Crippen molar-refractivity contribution in [1.82, 2.24) is 0 Å². The zero-order valence-electron chi connectivity index (χ0n) is 14.1. The molecule has 0 saturated heterocycles. The van der Waals surface area contributed by atoms with Crippen molar-refractivity contribution in [2.24, 2.45) is 5.41 Å². The molecule has 1 aromatic carbocycles. The molecule has 1 aliphatic heterocycles. The van der Waals surface area contributed by atoms with E-state index in [-0.39, 0.29) is 18.4 Å². The number of Topliss-reactive ketones (excluding diaryl/α,β-unsaturated/α-hetero) is 2. The number of fused-ring (bicyclic) bond motifs is 1. The summed E-state index contributed by atoms with van der Waals surface area (Å²) in [5, 5.41) is 2.86. The molecule has 1 fully saturated rings. The van der Waals surface area contributed by atoms with E-state index in [9.17, 15) is 19.2 Å². The second-order valence-corrected chi connectivity index (χ2v) is 6.27. The second kappa shape index (κ2) is 5.98. The number of rotatable bonds is 3. The summed E-state index contributed by atoms with van der Waals surface area (Å²) in [6.45, 7) is 0. The van der Waals surface area contributed by atoms with Crippen molar-refractivity contribution in [2.45, 2.75) is 31.2 Å². The van der Waals surface area contributed by atoms with Crippen molar-refractivity contribution < 1.29 is 28.7 Å². The van der Waals surface area contributed by atoms with Gasteiger partial charge in [0.05, 0.1) is 14.2 Å². The molecular weight excluding hydrogens is 326 g/mol. The Morgan fingerprint density at radius 2 is 1.72 bits per heavy atom. The van der Waals surface area contributed by atoms with E-state index in [0.717, 1.165) is 14.2 Å². The summed E-state index contributed by atoms with van der Waals surface area (Å²) >= 11 is 0. The fraction of sp³-hybridized carbons (Fsp3) is 0.444. The fourth-order valence-electron chi connectivity index (χ4n) is 3.99. The van der Waals surface area contributed by atoms with Gasteiger partial charge in [0.2, 0.25) is 11.3 Å². The molecule has 0 radical (unpaired) electrons. The minimum atomic E-state index is -2.14. The highest BCUT2D eigenvalue weighted by Crippen LogP contribution is 2.51. The number of benzene rings is 1. The van der Waals surface area contributed by atoms with E-state index >= 15 is 0 Å². The number of para-hydroxylation sites is 1. The lowest BCUT2D eigenvalue weighted by atomic mass is 9.59. The maximum atomic E-state index is 13.3. The molecule has 1 N–H and O–H groups in total. The Labute approximate surface area is 144 Å². The number of nitrogens with one attached hydrogen (secondary N) is 1. The molecule has 0 aromatic heterocycles. The van der Waals surface area contributed by atoms with Gasteiger partial charge in [0.1, 0.15) is 0 Å². The molecule has 0 unspecified atom stereocenters. The van der Waals surface area contributed by atoms with Crippen LogP contribution in [-0.2, 0) is 23.9 Å². The SMILES string of the molecule is COC(=O)[C@@]1([C@]2(C(=O)OC)Nc3ccccc3C2=O)CCCCC1=O. The van der Waals surface area contributed by atoms with E-state index in [1.807, 2.05) is 0 Å². The second-order valence-electron chi connectivity index (χ2n) is 6.27. The Hall–Kier alpha value is -2.70. The number of methoxy groups -OCH3 is 2. The zero-order valence-corrected chi connectivity index (χ0v) is 14.1. The molecule has 1 aliphatic carbocycles. The standard InChI is InChI=1S/C18H19NO6/c1-24-15(22)17(10-6-5-9-13(17)20)18(16(23)25-2)14(21)11-7-3-4-8-12(11)19-18/h3-4,7-8,19H,5-6,9-10H2,1-2H3/t17-,18+/m1/s1. The topological polar surface area (TPSA) is 98.8 Å². The van der Waals surface area contributed by atoms with Crippen LogP contribution in [0.2, 0.25) is 0 Å². The third-order valence-electron chi connectivity index (χ3n) is 5.18. The van der Waals surface area contributed by atoms with Crippen LogP contribution in [0.1, 0.15) is 36.0 Å². The summed E-state index contributed by atoms with van der Waals surface area (Å²) in [6, 6.07) is 6.52. The van der Waals surface area contributed by atoms with Crippen LogP contribution in [0.4, 0.5) is 5.69 Å². The Balaban J connectivity index is 2.29. The molecule has 2 atom stereocenters. The third kappa shape index (κ3) is 2.04. The van der Waals surface area contributed by atoms with Crippen molar-refractivity contribution in [1.29, 1.82) is 0 Å². The van der Waals surface area contributed by atoms with Crippen LogP contribution in [0, 0.1) is 5.41 Å². The average molecular weight is 345 g/mol. The lowest BCUT2D eigenvalue weighted by Gasteiger charge is -2.43. The van der Waals surface area contributed by atoms with Crippen LogP contribution in [0.3, 0.4) is 0 Å². The highest BCUT2D eigenvalue weighted by molar-refractivity contribution is 6.31.